The summed E-state index contributed by atoms with van der Waals surface area (Å²) in [5, 5.41) is 3.16. The number of likely N-dealkylation sites (tertiary alicyclic amines) is 1. The van der Waals surface area contributed by atoms with E-state index in [1.54, 1.807) is 0 Å². The van der Waals surface area contributed by atoms with Gasteiger partial charge in [-0.25, -0.2) is 0 Å². The van der Waals surface area contributed by atoms with Gasteiger partial charge in [-0.2, -0.15) is 0 Å². The molecule has 1 unspecified atom stereocenters. The van der Waals surface area contributed by atoms with Crippen molar-refractivity contribution < 1.29 is 4.42 Å². The van der Waals surface area contributed by atoms with Gasteiger partial charge >= 0.3 is 0 Å². The van der Waals surface area contributed by atoms with E-state index in [1.165, 1.54) is 44.3 Å². The van der Waals surface area contributed by atoms with E-state index < -0.39 is 0 Å². The Balaban J connectivity index is 1.91. The molecule has 0 amide bonds. The van der Waals surface area contributed by atoms with Gasteiger partial charge < -0.3 is 9.73 Å². The zero-order chi connectivity index (χ0) is 13.7. The summed E-state index contributed by atoms with van der Waals surface area (Å²) in [5.41, 5.74) is 1.27. The molecule has 1 aromatic heterocycles. The van der Waals surface area contributed by atoms with E-state index in [9.17, 15) is 0 Å². The minimum absolute atomic E-state index is 0.823. The first-order chi connectivity index (χ1) is 9.22. The number of aryl methyl sites for hydroxylation is 1. The molecule has 1 saturated heterocycles. The molecule has 19 heavy (non-hydrogen) atoms. The van der Waals surface area contributed by atoms with Gasteiger partial charge in [0.05, 0.1) is 13.1 Å². The van der Waals surface area contributed by atoms with Crippen LogP contribution < -0.4 is 5.32 Å². The molecule has 108 valence electrons. The maximum Gasteiger partial charge on any atom is 0.120 e. The van der Waals surface area contributed by atoms with Crippen molar-refractivity contribution in [2.24, 2.45) is 5.92 Å². The smallest absolute Gasteiger partial charge is 0.120 e. The number of furan rings is 1. The van der Waals surface area contributed by atoms with Gasteiger partial charge in [0.2, 0.25) is 0 Å². The van der Waals surface area contributed by atoms with Gasteiger partial charge in [-0.3, -0.25) is 4.90 Å². The van der Waals surface area contributed by atoms with Crippen molar-refractivity contribution in [2.45, 2.75) is 52.6 Å². The van der Waals surface area contributed by atoms with E-state index in [4.69, 9.17) is 4.42 Å². The molecule has 1 fully saturated rings. The maximum atomic E-state index is 5.95. The highest BCUT2D eigenvalue weighted by molar-refractivity contribution is 5.20. The lowest BCUT2D eigenvalue weighted by atomic mass is 9.98. The van der Waals surface area contributed by atoms with E-state index in [0.717, 1.165) is 30.5 Å². The quantitative estimate of drug-likeness (QED) is 0.884. The van der Waals surface area contributed by atoms with Gasteiger partial charge in [-0.05, 0) is 63.9 Å². The summed E-state index contributed by atoms with van der Waals surface area (Å²) >= 11 is 0. The van der Waals surface area contributed by atoms with Gasteiger partial charge in [-0.15, -0.1) is 0 Å². The molecule has 0 aromatic carbocycles. The van der Waals surface area contributed by atoms with Gasteiger partial charge in [-0.1, -0.05) is 13.3 Å². The lowest BCUT2D eigenvalue weighted by Gasteiger charge is -2.18. The van der Waals surface area contributed by atoms with Crippen LogP contribution in [-0.2, 0) is 13.1 Å². The average Bonchev–Trinajstić information content (AvgIpc) is 2.62. The molecule has 2 rings (SSSR count). The standard InChI is InChI=1S/C16H28N2O/c1-4-14-6-5-8-18(9-7-14)12-15-10-13(2)16(19-15)11-17-3/h10,14,17H,4-9,11-12H2,1-3H3. The van der Waals surface area contributed by atoms with E-state index in [2.05, 4.69) is 30.1 Å². The lowest BCUT2D eigenvalue weighted by molar-refractivity contribution is 0.246. The molecule has 3 nitrogen and oxygen atoms in total. The fraction of sp³-hybridized carbons (Fsp3) is 0.750. The maximum absolute atomic E-state index is 5.95. The molecule has 0 saturated carbocycles. The Hall–Kier alpha value is -0.800. The van der Waals surface area contributed by atoms with Crippen LogP contribution in [0.15, 0.2) is 10.5 Å². The largest absolute Gasteiger partial charge is 0.463 e. The van der Waals surface area contributed by atoms with Gasteiger partial charge in [0.15, 0.2) is 0 Å². The molecular weight excluding hydrogens is 236 g/mol. The SMILES string of the molecule is CCC1CCCN(Cc2cc(C)c(CNC)o2)CC1. The molecule has 1 aliphatic heterocycles. The van der Waals surface area contributed by atoms with Crippen LogP contribution in [0, 0.1) is 12.8 Å². The van der Waals surface area contributed by atoms with Crippen molar-refractivity contribution in [1.82, 2.24) is 10.2 Å². The Morgan fingerprint density at radius 1 is 1.37 bits per heavy atom. The monoisotopic (exact) mass is 264 g/mol. The molecule has 0 spiro atoms. The van der Waals surface area contributed by atoms with E-state index in [0.29, 0.717) is 0 Å². The third-order valence-corrected chi connectivity index (χ3v) is 4.31. The minimum Gasteiger partial charge on any atom is -0.463 e. The van der Waals surface area contributed by atoms with Crippen LogP contribution >= 0.6 is 0 Å². The Morgan fingerprint density at radius 2 is 2.21 bits per heavy atom. The summed E-state index contributed by atoms with van der Waals surface area (Å²) in [6.07, 6.45) is 5.41. The third-order valence-electron chi connectivity index (χ3n) is 4.31. The second-order valence-electron chi connectivity index (χ2n) is 5.83. The second kappa shape index (κ2) is 7.11. The van der Waals surface area contributed by atoms with Crippen molar-refractivity contribution in [3.8, 4) is 0 Å². The van der Waals surface area contributed by atoms with E-state index in [-0.39, 0.29) is 0 Å². The molecule has 1 atom stereocenters. The molecule has 1 aliphatic rings. The topological polar surface area (TPSA) is 28.4 Å². The van der Waals surface area contributed by atoms with Crippen molar-refractivity contribution in [3.63, 3.8) is 0 Å². The fourth-order valence-corrected chi connectivity index (χ4v) is 3.02. The summed E-state index contributed by atoms with van der Waals surface area (Å²) in [5.74, 6) is 3.14. The summed E-state index contributed by atoms with van der Waals surface area (Å²) in [7, 11) is 1.96. The molecule has 0 radical (unpaired) electrons. The molecule has 1 aromatic rings. The van der Waals surface area contributed by atoms with Crippen molar-refractivity contribution >= 4 is 0 Å². The predicted octanol–water partition coefficient (Wildman–Crippen LogP) is 3.32. The van der Waals surface area contributed by atoms with Crippen molar-refractivity contribution in [2.75, 3.05) is 20.1 Å². The Labute approximate surface area is 117 Å². The number of rotatable bonds is 5. The van der Waals surface area contributed by atoms with Crippen molar-refractivity contribution in [1.29, 1.82) is 0 Å². The molecule has 0 bridgehead atoms. The lowest BCUT2D eigenvalue weighted by Crippen LogP contribution is -2.24. The Bertz CT molecular complexity index is 386. The Morgan fingerprint density at radius 3 is 2.95 bits per heavy atom. The highest BCUT2D eigenvalue weighted by Gasteiger charge is 2.17. The highest BCUT2D eigenvalue weighted by atomic mass is 16.3. The molecular formula is C16H28N2O. The first-order valence-corrected chi connectivity index (χ1v) is 7.68. The van der Waals surface area contributed by atoms with Crippen LogP contribution in [0.5, 0.6) is 0 Å². The molecule has 1 N–H and O–H groups in total. The number of nitrogens with zero attached hydrogens (tertiary/aromatic N) is 1. The van der Waals surface area contributed by atoms with E-state index >= 15 is 0 Å². The van der Waals surface area contributed by atoms with Gasteiger partial charge in [0, 0.05) is 0 Å². The van der Waals surface area contributed by atoms with Gasteiger partial charge in [0.1, 0.15) is 11.5 Å². The average molecular weight is 264 g/mol. The predicted molar refractivity (Wildman–Crippen MR) is 79.1 cm³/mol. The Kier molecular flexibility index (Phi) is 5.46. The summed E-state index contributed by atoms with van der Waals surface area (Å²) in [6, 6.07) is 2.20. The first kappa shape index (κ1) is 14.6. The third kappa shape index (κ3) is 4.08. The fourth-order valence-electron chi connectivity index (χ4n) is 3.02. The zero-order valence-corrected chi connectivity index (χ0v) is 12.7. The molecule has 3 heteroatoms. The number of hydrogen-bond donors (Lipinski definition) is 1. The van der Waals surface area contributed by atoms with Crippen molar-refractivity contribution in [3.05, 3.63) is 23.2 Å². The zero-order valence-electron chi connectivity index (χ0n) is 12.7. The highest BCUT2D eigenvalue weighted by Crippen LogP contribution is 2.22. The van der Waals surface area contributed by atoms with E-state index in [1.807, 2.05) is 7.05 Å². The second-order valence-corrected chi connectivity index (χ2v) is 5.83. The first-order valence-electron chi connectivity index (χ1n) is 7.68. The summed E-state index contributed by atoms with van der Waals surface area (Å²) in [4.78, 5) is 2.55. The van der Waals surface area contributed by atoms with Crippen LogP contribution in [0.3, 0.4) is 0 Å². The molecule has 0 aliphatic carbocycles. The van der Waals surface area contributed by atoms with Crippen LogP contribution in [0.2, 0.25) is 0 Å². The normalized spacial score (nSPS) is 21.5. The minimum atomic E-state index is 0.823. The number of hydrogen-bond acceptors (Lipinski definition) is 3. The van der Waals surface area contributed by atoms with Crippen LogP contribution in [0.1, 0.15) is 49.7 Å². The summed E-state index contributed by atoms with van der Waals surface area (Å²) in [6.45, 7) is 8.69. The van der Waals surface area contributed by atoms with Crippen LogP contribution in [0.4, 0.5) is 0 Å². The van der Waals surface area contributed by atoms with Crippen LogP contribution in [0.25, 0.3) is 0 Å². The number of nitrogens with one attached hydrogen (secondary N) is 1. The summed E-state index contributed by atoms with van der Waals surface area (Å²) < 4.78 is 5.95. The molecule has 2 heterocycles. The van der Waals surface area contributed by atoms with Crippen LogP contribution in [-0.4, -0.2) is 25.0 Å². The van der Waals surface area contributed by atoms with Gasteiger partial charge in [0.25, 0.3) is 0 Å².